The summed E-state index contributed by atoms with van der Waals surface area (Å²) in [6.45, 7) is 0.520. The van der Waals surface area contributed by atoms with E-state index in [-0.39, 0.29) is 24.5 Å². The van der Waals surface area contributed by atoms with Crippen molar-refractivity contribution >= 4 is 69.5 Å². The summed E-state index contributed by atoms with van der Waals surface area (Å²) in [5, 5.41) is 7.50. The van der Waals surface area contributed by atoms with Crippen molar-refractivity contribution in [3.05, 3.63) is 33.4 Å². The first kappa shape index (κ1) is 26.2. The topological polar surface area (TPSA) is 120 Å². The Balaban J connectivity index is 1.50. The number of nitrogens with one attached hydrogen (secondary N) is 2. The maximum atomic E-state index is 14.4. The first-order valence-electron chi connectivity index (χ1n) is 12.2. The van der Waals surface area contributed by atoms with E-state index in [1.54, 1.807) is 18.3 Å². The number of anilines is 3. The molecule has 3 heterocycles. The summed E-state index contributed by atoms with van der Waals surface area (Å²) >= 11 is 19.0. The molecular formula is C24H27Cl3FN7O2. The van der Waals surface area contributed by atoms with E-state index in [1.165, 1.54) is 0 Å². The average molecular weight is 571 g/mol. The summed E-state index contributed by atoms with van der Waals surface area (Å²) in [6, 6.07) is 2.81. The monoisotopic (exact) mass is 569 g/mol. The van der Waals surface area contributed by atoms with E-state index in [9.17, 15) is 9.18 Å². The Morgan fingerprint density at radius 1 is 1.14 bits per heavy atom. The molecule has 1 amide bonds. The van der Waals surface area contributed by atoms with E-state index in [1.807, 2.05) is 4.57 Å². The van der Waals surface area contributed by atoms with E-state index in [4.69, 9.17) is 55.2 Å². The molecule has 2 aliphatic rings. The Morgan fingerprint density at radius 3 is 2.54 bits per heavy atom. The molecule has 0 spiro atoms. The fourth-order valence-electron chi connectivity index (χ4n) is 5.09. The van der Waals surface area contributed by atoms with Crippen molar-refractivity contribution in [2.75, 3.05) is 23.8 Å². The number of hydrogen-bond donors (Lipinski definition) is 3. The number of nitrogens with two attached hydrogens (primary N) is 1. The van der Waals surface area contributed by atoms with Crippen LogP contribution in [0.1, 0.15) is 44.6 Å². The lowest BCUT2D eigenvalue weighted by Gasteiger charge is -2.30. The molecular weight excluding hydrogens is 544 g/mol. The van der Waals surface area contributed by atoms with E-state index in [0.717, 1.165) is 25.7 Å². The van der Waals surface area contributed by atoms with Crippen molar-refractivity contribution in [3.8, 4) is 0 Å². The lowest BCUT2D eigenvalue weighted by atomic mass is 9.84. The average Bonchev–Trinajstić information content (AvgIpc) is 3.20. The Bertz CT molecular complexity index is 1280. The molecule has 1 saturated carbocycles. The Hall–Kier alpha value is -2.40. The highest BCUT2D eigenvalue weighted by Gasteiger charge is 2.29. The van der Waals surface area contributed by atoms with Crippen LogP contribution in [0.15, 0.2) is 18.3 Å². The predicted octanol–water partition coefficient (Wildman–Crippen LogP) is 5.68. The third kappa shape index (κ3) is 5.87. The minimum Gasteiger partial charge on any atom is -0.378 e. The van der Waals surface area contributed by atoms with E-state index < -0.39 is 12.2 Å². The van der Waals surface area contributed by atoms with Gasteiger partial charge in [0.2, 0.25) is 17.8 Å². The van der Waals surface area contributed by atoms with Gasteiger partial charge in [-0.25, -0.2) is 14.4 Å². The molecule has 2 atom stereocenters. The minimum atomic E-state index is -1.15. The molecule has 13 heteroatoms. The minimum absolute atomic E-state index is 0.0428. The number of imidazole rings is 1. The smallest absolute Gasteiger partial charge is 0.225 e. The second-order valence-electron chi connectivity index (χ2n) is 9.55. The van der Waals surface area contributed by atoms with E-state index in [2.05, 4.69) is 15.6 Å². The molecule has 9 nitrogen and oxygen atoms in total. The molecule has 37 heavy (non-hydrogen) atoms. The van der Waals surface area contributed by atoms with Crippen LogP contribution in [0.25, 0.3) is 11.2 Å². The number of benzene rings is 1. The van der Waals surface area contributed by atoms with Gasteiger partial charge in [0, 0.05) is 24.1 Å². The van der Waals surface area contributed by atoms with Gasteiger partial charge < -0.3 is 21.1 Å². The number of amides is 1. The summed E-state index contributed by atoms with van der Waals surface area (Å²) in [5.41, 5.74) is 7.06. The van der Waals surface area contributed by atoms with Crippen LogP contribution in [-0.4, -0.2) is 50.9 Å². The van der Waals surface area contributed by atoms with Gasteiger partial charge >= 0.3 is 0 Å². The van der Waals surface area contributed by atoms with Crippen LogP contribution in [0.4, 0.5) is 22.0 Å². The number of carbonyl (C=O) groups excluding carboxylic acids is 1. The molecule has 0 unspecified atom stereocenters. The van der Waals surface area contributed by atoms with Crippen LogP contribution < -0.4 is 16.4 Å². The Kier molecular flexibility index (Phi) is 7.90. The number of hydrogen-bond acceptors (Lipinski definition) is 7. The van der Waals surface area contributed by atoms with Gasteiger partial charge in [-0.05, 0) is 50.2 Å². The van der Waals surface area contributed by atoms with Crippen LogP contribution in [0.5, 0.6) is 0 Å². The molecule has 0 bridgehead atoms. The maximum absolute atomic E-state index is 14.4. The predicted molar refractivity (Wildman–Crippen MR) is 143 cm³/mol. The summed E-state index contributed by atoms with van der Waals surface area (Å²) in [4.78, 5) is 25.3. The van der Waals surface area contributed by atoms with Gasteiger partial charge in [0.05, 0.1) is 34.6 Å². The normalized spacial score (nSPS) is 24.2. The number of rotatable bonds is 7. The van der Waals surface area contributed by atoms with Crippen LogP contribution >= 0.6 is 34.8 Å². The highest BCUT2D eigenvalue weighted by molar-refractivity contribution is 6.41. The Labute approximate surface area is 228 Å². The first-order valence-corrected chi connectivity index (χ1v) is 13.3. The zero-order valence-corrected chi connectivity index (χ0v) is 22.2. The fourth-order valence-corrected chi connectivity index (χ4v) is 6.00. The van der Waals surface area contributed by atoms with E-state index in [0.29, 0.717) is 63.3 Å². The summed E-state index contributed by atoms with van der Waals surface area (Å²) in [5.74, 6) is 0.788. The summed E-state index contributed by atoms with van der Waals surface area (Å²) < 4.78 is 21.6. The third-order valence-electron chi connectivity index (χ3n) is 6.95. The second-order valence-corrected chi connectivity index (χ2v) is 10.8. The van der Waals surface area contributed by atoms with Crippen LogP contribution in [0, 0.1) is 5.92 Å². The van der Waals surface area contributed by atoms with Crippen molar-refractivity contribution in [1.82, 2.24) is 19.5 Å². The van der Waals surface area contributed by atoms with Gasteiger partial charge in [-0.1, -0.05) is 34.8 Å². The van der Waals surface area contributed by atoms with Crippen LogP contribution in [0.3, 0.4) is 0 Å². The molecule has 1 aliphatic carbocycles. The second kappa shape index (κ2) is 11.1. The van der Waals surface area contributed by atoms with Crippen molar-refractivity contribution in [2.24, 2.45) is 11.7 Å². The fraction of sp³-hybridized carbons (Fsp3) is 0.500. The number of primary amides is 1. The number of halogens is 4. The van der Waals surface area contributed by atoms with Gasteiger partial charge in [0.25, 0.3) is 0 Å². The number of aromatic nitrogens is 4. The summed E-state index contributed by atoms with van der Waals surface area (Å²) in [6.07, 6.45) is 4.66. The lowest BCUT2D eigenvalue weighted by molar-refractivity contribution is -0.119. The number of carbonyl (C=O) groups is 1. The zero-order chi connectivity index (χ0) is 26.1. The van der Waals surface area contributed by atoms with Gasteiger partial charge in [0.1, 0.15) is 11.7 Å². The molecule has 1 aliphatic heterocycles. The molecule has 4 N–H and O–H groups in total. The molecule has 198 valence electrons. The van der Waals surface area contributed by atoms with Crippen LogP contribution in [0.2, 0.25) is 15.1 Å². The number of nitrogens with zero attached hydrogens (tertiary/aromatic N) is 4. The van der Waals surface area contributed by atoms with Gasteiger partial charge in [-0.15, -0.1) is 0 Å². The molecule has 2 aromatic heterocycles. The van der Waals surface area contributed by atoms with Gasteiger partial charge in [-0.3, -0.25) is 9.36 Å². The van der Waals surface area contributed by atoms with Crippen molar-refractivity contribution in [1.29, 1.82) is 0 Å². The summed E-state index contributed by atoms with van der Waals surface area (Å²) in [7, 11) is 0. The molecule has 1 aromatic carbocycles. The maximum Gasteiger partial charge on any atom is 0.225 e. The lowest BCUT2D eigenvalue weighted by Crippen LogP contribution is -2.39. The standard InChI is InChI=1S/C24H27Cl3FN7O2/c25-13-8-15(26)21(16(27)9-13)33-24-32-19-10-30-23(31-18-5-6-37-11-17(18)28)34-22(19)35(24)14-3-1-12(2-4-14)7-20(29)36/h8-10,12,14,17-18H,1-7,11H2,(H2,29,36)(H,32,33)(H,30,31,34)/t12?,14?,17-,18-/m0/s1. The first-order chi connectivity index (χ1) is 17.8. The van der Waals surface area contributed by atoms with Crippen LogP contribution in [-0.2, 0) is 9.53 Å². The number of ether oxygens (including phenoxy) is 1. The molecule has 0 radical (unpaired) electrons. The quantitative estimate of drug-likeness (QED) is 0.334. The zero-order valence-electron chi connectivity index (χ0n) is 19.9. The highest BCUT2D eigenvalue weighted by atomic mass is 35.5. The third-order valence-corrected chi connectivity index (χ3v) is 7.76. The number of fused-ring (bicyclic) bond motifs is 1. The number of alkyl halides is 1. The molecule has 5 rings (SSSR count). The molecule has 2 fully saturated rings. The van der Waals surface area contributed by atoms with Crippen molar-refractivity contribution < 1.29 is 13.9 Å². The van der Waals surface area contributed by atoms with Crippen molar-refractivity contribution in [3.63, 3.8) is 0 Å². The van der Waals surface area contributed by atoms with Crippen molar-refractivity contribution in [2.45, 2.75) is 56.8 Å². The van der Waals surface area contributed by atoms with E-state index >= 15 is 0 Å². The van der Waals surface area contributed by atoms with Gasteiger partial charge in [-0.2, -0.15) is 4.98 Å². The van der Waals surface area contributed by atoms with Gasteiger partial charge in [0.15, 0.2) is 5.65 Å². The molecule has 3 aromatic rings. The largest absolute Gasteiger partial charge is 0.378 e. The SMILES string of the molecule is NC(=O)CC1CCC(n2c(Nc3c(Cl)cc(Cl)cc3Cl)nc3cnc(N[C@H]4CCOC[C@@H]4F)nc32)CC1. The molecule has 1 saturated heterocycles. The Morgan fingerprint density at radius 2 is 1.86 bits per heavy atom. The highest BCUT2D eigenvalue weighted by Crippen LogP contribution is 2.40.